The van der Waals surface area contributed by atoms with Gasteiger partial charge in [-0.15, -0.1) is 0 Å². The fraction of sp³-hybridized carbons (Fsp3) is 0.143. The summed E-state index contributed by atoms with van der Waals surface area (Å²) in [6.07, 6.45) is 8.03. The van der Waals surface area contributed by atoms with Crippen molar-refractivity contribution >= 4 is 34.3 Å². The first kappa shape index (κ1) is 18.1. The second kappa shape index (κ2) is 8.63. The quantitative estimate of drug-likeness (QED) is 0.489. The molecule has 7 heteroatoms. The normalized spacial score (nSPS) is 10.8. The van der Waals surface area contributed by atoms with E-state index in [2.05, 4.69) is 30.6 Å². The molecule has 6 nitrogen and oxygen atoms in total. The number of hydrogen-bond donors (Lipinski definition) is 2. The summed E-state index contributed by atoms with van der Waals surface area (Å²) >= 11 is 6.20. The van der Waals surface area contributed by atoms with Crippen molar-refractivity contribution in [3.05, 3.63) is 83.4 Å². The van der Waals surface area contributed by atoms with Gasteiger partial charge in [0.15, 0.2) is 0 Å². The number of fused-ring (bicyclic) bond motifs is 1. The van der Waals surface area contributed by atoms with Crippen LogP contribution in [0, 0.1) is 0 Å². The predicted octanol–water partition coefficient (Wildman–Crippen LogP) is 4.34. The van der Waals surface area contributed by atoms with Gasteiger partial charge in [-0.2, -0.15) is 0 Å². The summed E-state index contributed by atoms with van der Waals surface area (Å²) in [4.78, 5) is 17.5. The van der Waals surface area contributed by atoms with Gasteiger partial charge >= 0.3 is 0 Å². The summed E-state index contributed by atoms with van der Waals surface area (Å²) in [6, 6.07) is 13.6. The fourth-order valence-electron chi connectivity index (χ4n) is 2.87. The Hall–Kier alpha value is -3.25. The average molecular weight is 391 g/mol. The first-order valence-corrected chi connectivity index (χ1v) is 9.39. The van der Waals surface area contributed by atoms with E-state index in [1.54, 1.807) is 24.8 Å². The highest BCUT2D eigenvalue weighted by atomic mass is 35.5. The molecule has 0 aliphatic heterocycles. The molecule has 0 spiro atoms. The van der Waals surface area contributed by atoms with E-state index in [4.69, 9.17) is 11.6 Å². The van der Waals surface area contributed by atoms with Crippen LogP contribution in [0.1, 0.15) is 11.1 Å². The van der Waals surface area contributed by atoms with Crippen LogP contribution >= 0.6 is 11.6 Å². The third-order valence-electron chi connectivity index (χ3n) is 4.36. The number of anilines is 2. The minimum Gasteiger partial charge on any atom is -0.369 e. The van der Waals surface area contributed by atoms with E-state index in [9.17, 15) is 0 Å². The van der Waals surface area contributed by atoms with Gasteiger partial charge in [-0.25, -0.2) is 15.0 Å². The smallest absolute Gasteiger partial charge is 0.223 e. The molecule has 0 saturated carbocycles. The molecule has 0 atom stereocenters. The molecule has 140 valence electrons. The number of benzene rings is 1. The molecule has 0 fully saturated rings. The van der Waals surface area contributed by atoms with E-state index in [0.29, 0.717) is 12.5 Å². The summed E-state index contributed by atoms with van der Waals surface area (Å²) in [6.45, 7) is 1.33. The van der Waals surface area contributed by atoms with Gasteiger partial charge in [0.25, 0.3) is 0 Å². The van der Waals surface area contributed by atoms with E-state index < -0.39 is 0 Å². The Labute approximate surface area is 168 Å². The van der Waals surface area contributed by atoms with Crippen LogP contribution in [-0.2, 0) is 13.0 Å². The first-order chi connectivity index (χ1) is 13.8. The van der Waals surface area contributed by atoms with Crippen molar-refractivity contribution in [3.63, 3.8) is 0 Å². The molecule has 0 radical (unpaired) electrons. The van der Waals surface area contributed by atoms with Crippen LogP contribution in [0.5, 0.6) is 0 Å². The van der Waals surface area contributed by atoms with Crippen LogP contribution in [0.25, 0.3) is 10.9 Å². The molecular weight excluding hydrogens is 372 g/mol. The zero-order chi connectivity index (χ0) is 19.2. The molecule has 28 heavy (non-hydrogen) atoms. The number of nitrogens with zero attached hydrogens (tertiary/aromatic N) is 4. The van der Waals surface area contributed by atoms with Crippen LogP contribution in [-0.4, -0.2) is 26.5 Å². The number of aromatic nitrogens is 4. The van der Waals surface area contributed by atoms with E-state index in [1.807, 2.05) is 42.5 Å². The molecular formula is C21H19ClN6. The Balaban J connectivity index is 1.44. The maximum atomic E-state index is 6.20. The molecule has 1 aromatic carbocycles. The zero-order valence-corrected chi connectivity index (χ0v) is 15.9. The monoisotopic (exact) mass is 390 g/mol. The van der Waals surface area contributed by atoms with E-state index in [0.717, 1.165) is 40.3 Å². The summed E-state index contributed by atoms with van der Waals surface area (Å²) < 4.78 is 0. The molecule has 2 N–H and O–H groups in total. The van der Waals surface area contributed by atoms with Gasteiger partial charge in [0.2, 0.25) is 5.95 Å². The van der Waals surface area contributed by atoms with Crippen molar-refractivity contribution in [1.82, 2.24) is 19.9 Å². The molecule has 0 saturated heterocycles. The largest absolute Gasteiger partial charge is 0.369 e. The Morgan fingerprint density at radius 3 is 2.61 bits per heavy atom. The van der Waals surface area contributed by atoms with E-state index in [-0.39, 0.29) is 0 Å². The van der Waals surface area contributed by atoms with Crippen LogP contribution in [0.4, 0.5) is 11.8 Å². The zero-order valence-electron chi connectivity index (χ0n) is 15.1. The lowest BCUT2D eigenvalue weighted by Crippen LogP contribution is -2.08. The van der Waals surface area contributed by atoms with Crippen LogP contribution < -0.4 is 10.6 Å². The lowest BCUT2D eigenvalue weighted by molar-refractivity contribution is 1.00. The maximum absolute atomic E-state index is 6.20. The number of nitrogens with one attached hydrogen (secondary N) is 2. The highest BCUT2D eigenvalue weighted by molar-refractivity contribution is 6.31. The van der Waals surface area contributed by atoms with Crippen LogP contribution in [0.15, 0.2) is 67.3 Å². The van der Waals surface area contributed by atoms with Gasteiger partial charge in [0.05, 0.1) is 10.9 Å². The highest BCUT2D eigenvalue weighted by Gasteiger charge is 2.06. The molecule has 0 aliphatic carbocycles. The molecule has 3 heterocycles. The lowest BCUT2D eigenvalue weighted by atomic mass is 10.2. The molecule has 0 unspecified atom stereocenters. The Bertz CT molecular complexity index is 1070. The molecule has 4 rings (SSSR count). The van der Waals surface area contributed by atoms with Gasteiger partial charge < -0.3 is 10.6 Å². The number of hydrogen-bond acceptors (Lipinski definition) is 6. The maximum Gasteiger partial charge on any atom is 0.223 e. The predicted molar refractivity (Wildman–Crippen MR) is 113 cm³/mol. The van der Waals surface area contributed by atoms with Crippen molar-refractivity contribution in [3.8, 4) is 0 Å². The standard InChI is InChI=1S/C21H19ClN6/c22-18-4-2-1-3-16(18)13-26-21-27-14-17-19(28-21)8-12-25-20(17)24-11-7-15-5-9-23-10-6-15/h1-6,8-10,12,14H,7,11,13H2,(H,24,25)(H,26,27,28). The number of halogens is 1. The number of pyridine rings is 2. The lowest BCUT2D eigenvalue weighted by Gasteiger charge is -2.10. The Morgan fingerprint density at radius 2 is 1.75 bits per heavy atom. The van der Waals surface area contributed by atoms with Crippen LogP contribution in [0.3, 0.4) is 0 Å². The van der Waals surface area contributed by atoms with Crippen molar-refractivity contribution in [2.24, 2.45) is 0 Å². The van der Waals surface area contributed by atoms with Gasteiger partial charge in [-0.1, -0.05) is 29.8 Å². The molecule has 0 aliphatic rings. The van der Waals surface area contributed by atoms with Gasteiger partial charge in [-0.05, 0) is 41.8 Å². The Kier molecular flexibility index (Phi) is 5.58. The Morgan fingerprint density at radius 1 is 0.893 bits per heavy atom. The minimum absolute atomic E-state index is 0.557. The van der Waals surface area contributed by atoms with Crippen molar-refractivity contribution < 1.29 is 0 Å². The average Bonchev–Trinajstić information content (AvgIpc) is 2.74. The van der Waals surface area contributed by atoms with Crippen molar-refractivity contribution in [2.75, 3.05) is 17.2 Å². The SMILES string of the molecule is Clc1ccccc1CNc1ncc2c(NCCc3ccncc3)nccc2n1. The topological polar surface area (TPSA) is 75.6 Å². The fourth-order valence-corrected chi connectivity index (χ4v) is 3.08. The first-order valence-electron chi connectivity index (χ1n) is 9.01. The highest BCUT2D eigenvalue weighted by Crippen LogP contribution is 2.21. The second-order valence-electron chi connectivity index (χ2n) is 6.26. The summed E-state index contributed by atoms with van der Waals surface area (Å²) in [5.74, 6) is 1.34. The van der Waals surface area contributed by atoms with Gasteiger partial charge in [-0.3, -0.25) is 4.98 Å². The third kappa shape index (κ3) is 4.35. The molecule has 3 aromatic heterocycles. The third-order valence-corrected chi connectivity index (χ3v) is 4.73. The van der Waals surface area contributed by atoms with Gasteiger partial charge in [0, 0.05) is 42.9 Å². The van der Waals surface area contributed by atoms with E-state index >= 15 is 0 Å². The summed E-state index contributed by atoms with van der Waals surface area (Å²) in [7, 11) is 0. The molecule has 4 aromatic rings. The van der Waals surface area contributed by atoms with Crippen molar-refractivity contribution in [2.45, 2.75) is 13.0 Å². The van der Waals surface area contributed by atoms with Crippen molar-refractivity contribution in [1.29, 1.82) is 0 Å². The molecule has 0 bridgehead atoms. The summed E-state index contributed by atoms with van der Waals surface area (Å²) in [5, 5.41) is 8.21. The van der Waals surface area contributed by atoms with E-state index in [1.165, 1.54) is 5.56 Å². The second-order valence-corrected chi connectivity index (χ2v) is 6.67. The molecule has 0 amide bonds. The summed E-state index contributed by atoms with van der Waals surface area (Å²) in [5.41, 5.74) is 3.06. The number of rotatable bonds is 7. The minimum atomic E-state index is 0.557. The van der Waals surface area contributed by atoms with Gasteiger partial charge in [0.1, 0.15) is 5.82 Å². The van der Waals surface area contributed by atoms with Crippen LogP contribution in [0.2, 0.25) is 5.02 Å².